The zero-order valence-corrected chi connectivity index (χ0v) is 16.2. The van der Waals surface area contributed by atoms with Gasteiger partial charge in [0.25, 0.3) is 0 Å². The van der Waals surface area contributed by atoms with Crippen molar-refractivity contribution >= 4 is 5.91 Å². The number of rotatable bonds is 5. The lowest BCUT2D eigenvalue weighted by atomic mass is 9.75. The quantitative estimate of drug-likeness (QED) is 0.804. The van der Waals surface area contributed by atoms with Gasteiger partial charge in [0, 0.05) is 32.2 Å². The molecule has 4 atom stereocenters. The van der Waals surface area contributed by atoms with Gasteiger partial charge in [-0.25, -0.2) is 0 Å². The first-order chi connectivity index (χ1) is 13.0. The third-order valence-electron chi connectivity index (χ3n) is 5.96. The Balaban J connectivity index is 1.42. The molecule has 5 rings (SSSR count). The Hall–Kier alpha value is -2.41. The molecule has 4 unspecified atom stereocenters. The highest BCUT2D eigenvalue weighted by Gasteiger charge is 2.43. The third-order valence-corrected chi connectivity index (χ3v) is 5.96. The molecule has 0 spiro atoms. The zero-order valence-electron chi connectivity index (χ0n) is 16.2. The molecule has 3 aliphatic heterocycles. The number of carbonyl (C=O) groups excluding carboxylic acids is 1. The van der Waals surface area contributed by atoms with Gasteiger partial charge in [-0.3, -0.25) is 14.4 Å². The van der Waals surface area contributed by atoms with Gasteiger partial charge in [-0.1, -0.05) is 5.21 Å². The highest BCUT2D eigenvalue weighted by atomic mass is 16.5. The Labute approximate surface area is 159 Å². The fraction of sp³-hybridized carbons (Fsp3) is 0.550. The number of carbonyl (C=O) groups is 1. The summed E-state index contributed by atoms with van der Waals surface area (Å²) >= 11 is 0. The van der Waals surface area contributed by atoms with Crippen LogP contribution in [0.2, 0.25) is 0 Å². The summed E-state index contributed by atoms with van der Waals surface area (Å²) in [6, 6.07) is 8.29. The highest BCUT2D eigenvalue weighted by molar-refractivity contribution is 5.79. The number of benzene rings is 1. The fourth-order valence-electron chi connectivity index (χ4n) is 4.44. The number of fused-ring (bicyclic) bond motifs is 3. The molecule has 1 amide bonds. The van der Waals surface area contributed by atoms with Crippen LogP contribution in [0.1, 0.15) is 12.8 Å². The number of piperidine rings is 3. The van der Waals surface area contributed by atoms with Crippen LogP contribution in [-0.4, -0.2) is 71.0 Å². The number of hydrogen-bond acceptors (Lipinski definition) is 5. The standard InChI is InChI=1S/C20H27N5O2/c1-23(2)20(26)18-12-24-9-8-15(18)10-16(24)11-25-13-19(21-22-25)14-4-6-17(27-3)7-5-14/h4-7,13,15-16,18H,8-12H2,1-3H3. The van der Waals surface area contributed by atoms with Crippen LogP contribution in [0.3, 0.4) is 0 Å². The first-order valence-electron chi connectivity index (χ1n) is 9.55. The lowest BCUT2D eigenvalue weighted by Crippen LogP contribution is -2.57. The summed E-state index contributed by atoms with van der Waals surface area (Å²) < 4.78 is 7.14. The Morgan fingerprint density at radius 3 is 2.70 bits per heavy atom. The molecule has 0 saturated carbocycles. The van der Waals surface area contributed by atoms with Crippen molar-refractivity contribution in [3.8, 4) is 17.0 Å². The fourth-order valence-corrected chi connectivity index (χ4v) is 4.44. The molecule has 27 heavy (non-hydrogen) atoms. The molecule has 0 radical (unpaired) electrons. The average molecular weight is 369 g/mol. The van der Waals surface area contributed by atoms with E-state index in [4.69, 9.17) is 4.74 Å². The van der Waals surface area contributed by atoms with Crippen molar-refractivity contribution in [2.75, 3.05) is 34.3 Å². The summed E-state index contributed by atoms with van der Waals surface area (Å²) in [5, 5.41) is 8.66. The predicted molar refractivity (Wildman–Crippen MR) is 102 cm³/mol. The van der Waals surface area contributed by atoms with Crippen molar-refractivity contribution in [1.29, 1.82) is 0 Å². The SMILES string of the molecule is COc1ccc(-c2cn(CC3CC4CCN3CC4C(=O)N(C)C)nn2)cc1. The van der Waals surface area contributed by atoms with E-state index in [-0.39, 0.29) is 11.8 Å². The maximum absolute atomic E-state index is 12.4. The minimum absolute atomic E-state index is 0.149. The second-order valence-corrected chi connectivity index (χ2v) is 7.83. The summed E-state index contributed by atoms with van der Waals surface area (Å²) in [5.41, 5.74) is 1.90. The molecule has 3 fully saturated rings. The van der Waals surface area contributed by atoms with Gasteiger partial charge in [-0.15, -0.1) is 5.10 Å². The van der Waals surface area contributed by atoms with Crippen LogP contribution in [0.4, 0.5) is 0 Å². The summed E-state index contributed by atoms with van der Waals surface area (Å²) in [4.78, 5) is 16.6. The Morgan fingerprint density at radius 1 is 1.30 bits per heavy atom. The van der Waals surface area contributed by atoms with Crippen LogP contribution in [0.5, 0.6) is 5.75 Å². The summed E-state index contributed by atoms with van der Waals surface area (Å²) in [6.07, 6.45) is 4.19. The number of hydrogen-bond donors (Lipinski definition) is 0. The molecule has 0 aliphatic carbocycles. The number of amides is 1. The van der Waals surface area contributed by atoms with Gasteiger partial charge in [-0.2, -0.15) is 0 Å². The van der Waals surface area contributed by atoms with E-state index in [1.165, 1.54) is 0 Å². The Bertz CT molecular complexity index is 801. The Morgan fingerprint density at radius 2 is 2.07 bits per heavy atom. The molecular formula is C20H27N5O2. The van der Waals surface area contributed by atoms with Gasteiger partial charge in [0.15, 0.2) is 0 Å². The molecular weight excluding hydrogens is 342 g/mol. The van der Waals surface area contributed by atoms with Crippen molar-refractivity contribution in [2.45, 2.75) is 25.4 Å². The summed E-state index contributed by atoms with van der Waals surface area (Å²) in [5.74, 6) is 1.74. The maximum atomic E-state index is 12.4. The van der Waals surface area contributed by atoms with Crippen LogP contribution in [-0.2, 0) is 11.3 Å². The monoisotopic (exact) mass is 369 g/mol. The van der Waals surface area contributed by atoms with E-state index in [0.29, 0.717) is 12.0 Å². The van der Waals surface area contributed by atoms with Crippen molar-refractivity contribution in [1.82, 2.24) is 24.8 Å². The molecule has 3 aliphatic rings. The second kappa shape index (κ2) is 7.31. The Kier molecular flexibility index (Phi) is 4.86. The smallest absolute Gasteiger partial charge is 0.226 e. The minimum atomic E-state index is 0.149. The molecule has 4 heterocycles. The second-order valence-electron chi connectivity index (χ2n) is 7.83. The highest BCUT2D eigenvalue weighted by Crippen LogP contribution is 2.37. The van der Waals surface area contributed by atoms with Crippen molar-refractivity contribution in [2.24, 2.45) is 11.8 Å². The van der Waals surface area contributed by atoms with Crippen LogP contribution < -0.4 is 4.74 Å². The first kappa shape index (κ1) is 18.0. The maximum Gasteiger partial charge on any atom is 0.226 e. The van der Waals surface area contributed by atoms with Crippen LogP contribution >= 0.6 is 0 Å². The van der Waals surface area contributed by atoms with Gasteiger partial charge in [0.2, 0.25) is 5.91 Å². The molecule has 2 bridgehead atoms. The average Bonchev–Trinajstić information content (AvgIpc) is 3.16. The normalized spacial score (nSPS) is 26.8. The zero-order chi connectivity index (χ0) is 19.0. The van der Waals surface area contributed by atoms with E-state index in [0.717, 1.165) is 49.5 Å². The topological polar surface area (TPSA) is 63.5 Å². The number of methoxy groups -OCH3 is 1. The van der Waals surface area contributed by atoms with E-state index in [9.17, 15) is 4.79 Å². The van der Waals surface area contributed by atoms with E-state index in [2.05, 4.69) is 15.2 Å². The third kappa shape index (κ3) is 3.56. The molecule has 3 saturated heterocycles. The summed E-state index contributed by atoms with van der Waals surface area (Å²) in [6.45, 7) is 2.77. The van der Waals surface area contributed by atoms with Gasteiger partial charge in [-0.05, 0) is 49.6 Å². The first-order valence-corrected chi connectivity index (χ1v) is 9.55. The predicted octanol–water partition coefficient (Wildman–Crippen LogP) is 1.75. The van der Waals surface area contributed by atoms with Crippen LogP contribution in [0.15, 0.2) is 30.5 Å². The molecule has 7 heteroatoms. The van der Waals surface area contributed by atoms with E-state index in [1.807, 2.05) is 49.2 Å². The van der Waals surface area contributed by atoms with Gasteiger partial charge in [0.1, 0.15) is 11.4 Å². The minimum Gasteiger partial charge on any atom is -0.497 e. The number of nitrogens with zero attached hydrogens (tertiary/aromatic N) is 5. The molecule has 1 aromatic heterocycles. The van der Waals surface area contributed by atoms with Crippen LogP contribution in [0.25, 0.3) is 11.3 Å². The summed E-state index contributed by atoms with van der Waals surface area (Å²) in [7, 11) is 5.37. The van der Waals surface area contributed by atoms with Crippen molar-refractivity contribution in [3.63, 3.8) is 0 Å². The van der Waals surface area contributed by atoms with Gasteiger partial charge < -0.3 is 9.64 Å². The largest absolute Gasteiger partial charge is 0.497 e. The van der Waals surface area contributed by atoms with Crippen molar-refractivity contribution < 1.29 is 9.53 Å². The lowest BCUT2D eigenvalue weighted by molar-refractivity contribution is -0.141. The van der Waals surface area contributed by atoms with Gasteiger partial charge >= 0.3 is 0 Å². The molecule has 0 N–H and O–H groups in total. The van der Waals surface area contributed by atoms with Crippen LogP contribution in [0, 0.1) is 11.8 Å². The lowest BCUT2D eigenvalue weighted by Gasteiger charge is -2.49. The van der Waals surface area contributed by atoms with E-state index < -0.39 is 0 Å². The van der Waals surface area contributed by atoms with Gasteiger partial charge in [0.05, 0.1) is 25.8 Å². The molecule has 2 aromatic rings. The van der Waals surface area contributed by atoms with E-state index in [1.54, 1.807) is 12.0 Å². The molecule has 1 aromatic carbocycles. The number of ether oxygens (including phenoxy) is 1. The van der Waals surface area contributed by atoms with Crippen molar-refractivity contribution in [3.05, 3.63) is 30.5 Å². The molecule has 7 nitrogen and oxygen atoms in total. The van der Waals surface area contributed by atoms with E-state index >= 15 is 0 Å². The number of aromatic nitrogens is 3. The molecule has 144 valence electrons.